The largest absolute Gasteiger partial charge is 0.497 e. The summed E-state index contributed by atoms with van der Waals surface area (Å²) in [4.78, 5) is 11.6. The van der Waals surface area contributed by atoms with Crippen molar-refractivity contribution in [3.8, 4) is 5.75 Å². The first-order chi connectivity index (χ1) is 10.3. The maximum absolute atomic E-state index is 11.6. The lowest BCUT2D eigenvalue weighted by Crippen LogP contribution is -2.17. The van der Waals surface area contributed by atoms with Crippen molar-refractivity contribution in [1.82, 2.24) is 5.43 Å². The molecule has 0 bridgehead atoms. The van der Waals surface area contributed by atoms with Crippen LogP contribution >= 0.6 is 0 Å². The lowest BCUT2D eigenvalue weighted by Gasteiger charge is -2.03. The van der Waals surface area contributed by atoms with Gasteiger partial charge in [-0.1, -0.05) is 12.1 Å². The van der Waals surface area contributed by atoms with Crippen LogP contribution in [0.2, 0.25) is 0 Å². The van der Waals surface area contributed by atoms with E-state index in [1.165, 1.54) is 11.8 Å². The Morgan fingerprint density at radius 1 is 1.33 bits per heavy atom. The number of carbonyl (C=O) groups is 1. The summed E-state index contributed by atoms with van der Waals surface area (Å²) < 4.78 is 10.2. The summed E-state index contributed by atoms with van der Waals surface area (Å²) in [7, 11) is 1.64. The summed E-state index contributed by atoms with van der Waals surface area (Å²) >= 11 is 0. The van der Waals surface area contributed by atoms with Crippen LogP contribution in [0.1, 0.15) is 24.2 Å². The van der Waals surface area contributed by atoms with Crippen molar-refractivity contribution in [1.29, 1.82) is 0 Å². The number of ether oxygens (including phenoxy) is 1. The molecule has 1 N–H and O–H groups in total. The molecule has 5 nitrogen and oxygen atoms in total. The summed E-state index contributed by atoms with van der Waals surface area (Å²) in [6, 6.07) is 11.4. The zero-order valence-electron chi connectivity index (χ0n) is 11.9. The Morgan fingerprint density at radius 3 is 2.81 bits per heavy atom. The molecular formula is C16H18N2O3. The maximum Gasteiger partial charge on any atom is 0.240 e. The van der Waals surface area contributed by atoms with Crippen molar-refractivity contribution < 1.29 is 13.9 Å². The molecule has 0 aliphatic rings. The highest BCUT2D eigenvalue weighted by atomic mass is 16.5. The lowest BCUT2D eigenvalue weighted by atomic mass is 10.1. The van der Waals surface area contributed by atoms with Crippen molar-refractivity contribution in [2.24, 2.45) is 5.10 Å². The van der Waals surface area contributed by atoms with E-state index < -0.39 is 0 Å². The number of hydrazone groups is 1. The molecule has 0 aliphatic carbocycles. The van der Waals surface area contributed by atoms with E-state index in [1.54, 1.807) is 25.5 Å². The van der Waals surface area contributed by atoms with Gasteiger partial charge >= 0.3 is 0 Å². The van der Waals surface area contributed by atoms with E-state index in [0.717, 1.165) is 18.6 Å². The van der Waals surface area contributed by atoms with E-state index in [9.17, 15) is 4.79 Å². The summed E-state index contributed by atoms with van der Waals surface area (Å²) in [6.45, 7) is 0. The van der Waals surface area contributed by atoms with Crippen LogP contribution in [0.3, 0.4) is 0 Å². The molecule has 5 heteroatoms. The molecule has 2 rings (SSSR count). The number of nitrogens with zero attached hydrogens (tertiary/aromatic N) is 1. The molecule has 110 valence electrons. The van der Waals surface area contributed by atoms with Crippen molar-refractivity contribution in [3.05, 3.63) is 54.0 Å². The number of hydrogen-bond acceptors (Lipinski definition) is 4. The molecule has 0 spiro atoms. The summed E-state index contributed by atoms with van der Waals surface area (Å²) in [6.07, 6.45) is 5.08. The van der Waals surface area contributed by atoms with Gasteiger partial charge in [0, 0.05) is 6.42 Å². The van der Waals surface area contributed by atoms with Crippen LogP contribution < -0.4 is 10.2 Å². The highest BCUT2D eigenvalue weighted by molar-refractivity contribution is 5.80. The second-order valence-electron chi connectivity index (χ2n) is 4.51. The SMILES string of the molecule is COc1ccc(CCCC(=O)N/N=C\c2ccco2)cc1. The molecular weight excluding hydrogens is 268 g/mol. The van der Waals surface area contributed by atoms with E-state index in [4.69, 9.17) is 9.15 Å². The molecule has 1 aromatic carbocycles. The van der Waals surface area contributed by atoms with Gasteiger partial charge in [0.15, 0.2) is 0 Å². The Kier molecular flexibility index (Phi) is 5.58. The van der Waals surface area contributed by atoms with Crippen molar-refractivity contribution in [3.63, 3.8) is 0 Å². The number of hydrogen-bond donors (Lipinski definition) is 1. The minimum absolute atomic E-state index is 0.105. The highest BCUT2D eigenvalue weighted by Crippen LogP contribution is 2.13. The Balaban J connectivity index is 1.66. The van der Waals surface area contributed by atoms with E-state index in [-0.39, 0.29) is 5.91 Å². The zero-order chi connectivity index (χ0) is 14.9. The highest BCUT2D eigenvalue weighted by Gasteiger charge is 2.01. The van der Waals surface area contributed by atoms with Crippen LogP contribution in [0.4, 0.5) is 0 Å². The second-order valence-corrected chi connectivity index (χ2v) is 4.51. The van der Waals surface area contributed by atoms with Crippen LogP contribution in [0.15, 0.2) is 52.2 Å². The third-order valence-electron chi connectivity index (χ3n) is 2.95. The number of furan rings is 1. The average Bonchev–Trinajstić information content (AvgIpc) is 3.01. The van der Waals surface area contributed by atoms with Crippen LogP contribution in [0.25, 0.3) is 0 Å². The summed E-state index contributed by atoms with van der Waals surface area (Å²) in [5.74, 6) is 1.34. The Bertz CT molecular complexity index is 574. The van der Waals surface area contributed by atoms with Crippen molar-refractivity contribution >= 4 is 12.1 Å². The monoisotopic (exact) mass is 286 g/mol. The van der Waals surface area contributed by atoms with Crippen LogP contribution in [-0.4, -0.2) is 19.2 Å². The van der Waals surface area contributed by atoms with Crippen molar-refractivity contribution in [2.75, 3.05) is 7.11 Å². The summed E-state index contributed by atoms with van der Waals surface area (Å²) in [5, 5.41) is 3.83. The number of rotatable bonds is 7. The van der Waals surface area contributed by atoms with Crippen LogP contribution in [-0.2, 0) is 11.2 Å². The third-order valence-corrected chi connectivity index (χ3v) is 2.95. The van der Waals surface area contributed by atoms with E-state index in [1.807, 2.05) is 24.3 Å². The topological polar surface area (TPSA) is 63.8 Å². The minimum Gasteiger partial charge on any atom is -0.497 e. The van der Waals surface area contributed by atoms with E-state index in [0.29, 0.717) is 12.2 Å². The Hall–Kier alpha value is -2.56. The number of nitrogens with one attached hydrogen (secondary N) is 1. The molecule has 0 aliphatic heterocycles. The molecule has 2 aromatic rings. The Labute approximate surface area is 123 Å². The van der Waals surface area contributed by atoms with Gasteiger partial charge in [-0.15, -0.1) is 0 Å². The van der Waals surface area contributed by atoms with Gasteiger partial charge in [-0.25, -0.2) is 5.43 Å². The van der Waals surface area contributed by atoms with Crippen molar-refractivity contribution in [2.45, 2.75) is 19.3 Å². The Morgan fingerprint density at radius 2 is 2.14 bits per heavy atom. The van der Waals surface area contributed by atoms with Gasteiger partial charge in [-0.05, 0) is 42.7 Å². The standard InChI is InChI=1S/C16H18N2O3/c1-20-14-9-7-13(8-10-14)4-2-6-16(19)18-17-12-15-5-3-11-21-15/h3,5,7-12H,2,4,6H2,1H3,(H,18,19)/b17-12-. The predicted octanol–water partition coefficient (Wildman–Crippen LogP) is 2.76. The van der Waals surface area contributed by atoms with Crippen LogP contribution in [0.5, 0.6) is 5.75 Å². The fourth-order valence-corrected chi connectivity index (χ4v) is 1.83. The molecule has 0 atom stereocenters. The number of benzene rings is 1. The molecule has 1 heterocycles. The molecule has 1 amide bonds. The van der Waals surface area contributed by atoms with Gasteiger partial charge in [0.2, 0.25) is 5.91 Å². The van der Waals surface area contributed by atoms with Gasteiger partial charge in [0.25, 0.3) is 0 Å². The summed E-state index contributed by atoms with van der Waals surface area (Å²) in [5.41, 5.74) is 3.66. The number of methoxy groups -OCH3 is 1. The molecule has 21 heavy (non-hydrogen) atoms. The van der Waals surface area contributed by atoms with Gasteiger partial charge in [-0.2, -0.15) is 5.10 Å². The average molecular weight is 286 g/mol. The van der Waals surface area contributed by atoms with Gasteiger partial charge < -0.3 is 9.15 Å². The zero-order valence-corrected chi connectivity index (χ0v) is 11.9. The van der Waals surface area contributed by atoms with Gasteiger partial charge in [0.1, 0.15) is 11.5 Å². The van der Waals surface area contributed by atoms with Gasteiger partial charge in [0.05, 0.1) is 19.6 Å². The first-order valence-corrected chi connectivity index (χ1v) is 6.76. The third kappa shape index (κ3) is 5.14. The lowest BCUT2D eigenvalue weighted by molar-refractivity contribution is -0.121. The molecule has 1 aromatic heterocycles. The first-order valence-electron chi connectivity index (χ1n) is 6.76. The smallest absolute Gasteiger partial charge is 0.240 e. The quantitative estimate of drug-likeness (QED) is 0.629. The van der Waals surface area contributed by atoms with Gasteiger partial charge in [-0.3, -0.25) is 4.79 Å². The fraction of sp³-hybridized carbons (Fsp3) is 0.250. The second kappa shape index (κ2) is 7.89. The van der Waals surface area contributed by atoms with Crippen LogP contribution in [0, 0.1) is 0 Å². The molecule has 0 unspecified atom stereocenters. The number of amides is 1. The fourth-order valence-electron chi connectivity index (χ4n) is 1.83. The molecule has 0 saturated heterocycles. The molecule has 0 fully saturated rings. The molecule has 0 radical (unpaired) electrons. The minimum atomic E-state index is -0.105. The number of aryl methyl sites for hydroxylation is 1. The molecule has 0 saturated carbocycles. The predicted molar refractivity (Wildman–Crippen MR) is 80.4 cm³/mol. The van der Waals surface area contributed by atoms with E-state index >= 15 is 0 Å². The van der Waals surface area contributed by atoms with E-state index in [2.05, 4.69) is 10.5 Å². The maximum atomic E-state index is 11.6. The number of carbonyl (C=O) groups excluding carboxylic acids is 1. The normalized spacial score (nSPS) is 10.7. The first kappa shape index (κ1) is 14.8.